The topological polar surface area (TPSA) is 64.9 Å². The maximum atomic E-state index is 12.0. The number of carbonyl (C=O) groups excluding carboxylic acids is 1. The third-order valence-corrected chi connectivity index (χ3v) is 4.87. The molecule has 1 aromatic carbocycles. The van der Waals surface area contributed by atoms with E-state index in [4.69, 9.17) is 5.26 Å². The summed E-state index contributed by atoms with van der Waals surface area (Å²) in [5.74, 6) is 0.717. The van der Waals surface area contributed by atoms with E-state index in [0.29, 0.717) is 6.04 Å². The van der Waals surface area contributed by atoms with Crippen LogP contribution in [0.15, 0.2) is 29.2 Å². The number of nitrogens with one attached hydrogen (secondary N) is 2. The zero-order valence-electron chi connectivity index (χ0n) is 12.3. The van der Waals surface area contributed by atoms with Crippen molar-refractivity contribution in [1.29, 1.82) is 5.26 Å². The summed E-state index contributed by atoms with van der Waals surface area (Å²) in [6.07, 6.45) is 4.54. The van der Waals surface area contributed by atoms with Crippen LogP contribution in [0, 0.1) is 17.2 Å². The zero-order valence-corrected chi connectivity index (χ0v) is 13.1. The summed E-state index contributed by atoms with van der Waals surface area (Å²) in [4.78, 5) is 13.0. The van der Waals surface area contributed by atoms with Crippen molar-refractivity contribution in [3.8, 4) is 6.07 Å². The van der Waals surface area contributed by atoms with Crippen molar-refractivity contribution in [2.45, 2.75) is 43.5 Å². The molecule has 0 heterocycles. The van der Waals surface area contributed by atoms with E-state index in [1.807, 2.05) is 31.2 Å². The first-order chi connectivity index (χ1) is 10.2. The Hall–Kier alpha value is -1.67. The average Bonchev–Trinajstić information content (AvgIpc) is 2.98. The highest BCUT2D eigenvalue weighted by Crippen LogP contribution is 2.28. The molecule has 1 aromatic rings. The average molecular weight is 303 g/mol. The second-order valence-corrected chi connectivity index (χ2v) is 6.48. The highest BCUT2D eigenvalue weighted by atomic mass is 32.2. The number of thioether (sulfide) groups is 1. The quantitative estimate of drug-likeness (QED) is 0.808. The molecule has 2 rings (SSSR count). The van der Waals surface area contributed by atoms with Crippen molar-refractivity contribution in [2.24, 2.45) is 5.92 Å². The van der Waals surface area contributed by atoms with E-state index in [-0.39, 0.29) is 11.9 Å². The van der Waals surface area contributed by atoms with Gasteiger partial charge in [-0.15, -0.1) is 11.8 Å². The van der Waals surface area contributed by atoms with Gasteiger partial charge in [-0.05, 0) is 31.9 Å². The van der Waals surface area contributed by atoms with E-state index < -0.39 is 0 Å². The molecule has 0 saturated heterocycles. The van der Waals surface area contributed by atoms with Crippen LogP contribution >= 0.6 is 11.8 Å². The van der Waals surface area contributed by atoms with Gasteiger partial charge in [-0.2, -0.15) is 5.26 Å². The molecule has 5 heteroatoms. The van der Waals surface area contributed by atoms with Crippen molar-refractivity contribution >= 4 is 23.5 Å². The SMILES string of the molecule is CC(C#N)CSc1ccccc1NC(=O)NC1CCCC1. The fourth-order valence-electron chi connectivity index (χ4n) is 2.36. The van der Waals surface area contributed by atoms with Crippen LogP contribution in [0.4, 0.5) is 10.5 Å². The van der Waals surface area contributed by atoms with Crippen molar-refractivity contribution in [3.63, 3.8) is 0 Å². The predicted octanol–water partition coefficient (Wildman–Crippen LogP) is 4.00. The van der Waals surface area contributed by atoms with Crippen molar-refractivity contribution in [1.82, 2.24) is 5.32 Å². The Labute approximate surface area is 130 Å². The van der Waals surface area contributed by atoms with Crippen LogP contribution in [0.1, 0.15) is 32.6 Å². The van der Waals surface area contributed by atoms with Crippen LogP contribution in [-0.4, -0.2) is 17.8 Å². The Balaban J connectivity index is 1.92. The van der Waals surface area contributed by atoms with Gasteiger partial charge >= 0.3 is 6.03 Å². The summed E-state index contributed by atoms with van der Waals surface area (Å²) in [5, 5.41) is 14.8. The van der Waals surface area contributed by atoms with Gasteiger partial charge in [0.25, 0.3) is 0 Å². The lowest BCUT2D eigenvalue weighted by atomic mass is 10.2. The van der Waals surface area contributed by atoms with Gasteiger partial charge in [0.05, 0.1) is 17.7 Å². The normalized spacial score (nSPS) is 16.2. The number of anilines is 1. The molecular weight excluding hydrogens is 282 g/mol. The smallest absolute Gasteiger partial charge is 0.319 e. The van der Waals surface area contributed by atoms with Crippen molar-refractivity contribution in [2.75, 3.05) is 11.1 Å². The minimum atomic E-state index is -0.136. The maximum absolute atomic E-state index is 12.0. The van der Waals surface area contributed by atoms with Crippen LogP contribution in [0.5, 0.6) is 0 Å². The highest BCUT2D eigenvalue weighted by molar-refractivity contribution is 7.99. The fraction of sp³-hybridized carbons (Fsp3) is 0.500. The standard InChI is InChI=1S/C16H21N3OS/c1-12(10-17)11-21-15-9-5-4-8-14(15)19-16(20)18-13-6-2-3-7-13/h4-5,8-9,12-13H,2-3,6-7,11H2,1H3,(H2,18,19,20). The van der Waals surface area contributed by atoms with Gasteiger partial charge in [-0.25, -0.2) is 4.79 Å². The molecular formula is C16H21N3OS. The Bertz CT molecular complexity index is 520. The molecule has 0 aromatic heterocycles. The number of para-hydroxylation sites is 1. The summed E-state index contributed by atoms with van der Waals surface area (Å²) >= 11 is 1.60. The van der Waals surface area contributed by atoms with Gasteiger partial charge in [-0.3, -0.25) is 0 Å². The monoisotopic (exact) mass is 303 g/mol. The van der Waals surface area contributed by atoms with E-state index in [1.54, 1.807) is 11.8 Å². The van der Waals surface area contributed by atoms with Gasteiger partial charge in [0.1, 0.15) is 0 Å². The molecule has 4 nitrogen and oxygen atoms in total. The zero-order chi connectivity index (χ0) is 15.1. The molecule has 0 spiro atoms. The molecule has 1 unspecified atom stereocenters. The fourth-order valence-corrected chi connectivity index (χ4v) is 3.32. The number of rotatable bonds is 5. The Morgan fingerprint density at radius 1 is 1.43 bits per heavy atom. The molecule has 21 heavy (non-hydrogen) atoms. The van der Waals surface area contributed by atoms with Crippen LogP contribution < -0.4 is 10.6 Å². The van der Waals surface area contributed by atoms with E-state index >= 15 is 0 Å². The lowest BCUT2D eigenvalue weighted by molar-refractivity contribution is 0.248. The first-order valence-electron chi connectivity index (χ1n) is 7.38. The van der Waals surface area contributed by atoms with Gasteiger partial charge < -0.3 is 10.6 Å². The Kier molecular flexibility index (Phi) is 5.94. The number of hydrogen-bond donors (Lipinski definition) is 2. The molecule has 1 aliphatic rings. The largest absolute Gasteiger partial charge is 0.335 e. The first-order valence-corrected chi connectivity index (χ1v) is 8.36. The van der Waals surface area contributed by atoms with E-state index in [9.17, 15) is 4.79 Å². The van der Waals surface area contributed by atoms with Crippen LogP contribution in [0.2, 0.25) is 0 Å². The first kappa shape index (κ1) is 15.7. The number of amides is 2. The van der Waals surface area contributed by atoms with Crippen molar-refractivity contribution in [3.05, 3.63) is 24.3 Å². The number of urea groups is 1. The molecule has 112 valence electrons. The van der Waals surface area contributed by atoms with Gasteiger partial charge in [0.2, 0.25) is 0 Å². The molecule has 0 radical (unpaired) electrons. The number of benzene rings is 1. The molecule has 2 N–H and O–H groups in total. The van der Waals surface area contributed by atoms with E-state index in [1.165, 1.54) is 12.8 Å². The second-order valence-electron chi connectivity index (χ2n) is 5.42. The summed E-state index contributed by atoms with van der Waals surface area (Å²) in [5.41, 5.74) is 0.808. The van der Waals surface area contributed by atoms with Crippen LogP contribution in [0.3, 0.4) is 0 Å². The summed E-state index contributed by atoms with van der Waals surface area (Å²) in [6, 6.07) is 10.1. The minimum absolute atomic E-state index is 0.00429. The van der Waals surface area contributed by atoms with Crippen LogP contribution in [-0.2, 0) is 0 Å². The van der Waals surface area contributed by atoms with Gasteiger partial charge in [-0.1, -0.05) is 25.0 Å². The molecule has 1 atom stereocenters. The molecule has 0 bridgehead atoms. The highest BCUT2D eigenvalue weighted by Gasteiger charge is 2.17. The summed E-state index contributed by atoms with van der Waals surface area (Å²) < 4.78 is 0. The van der Waals surface area contributed by atoms with Crippen LogP contribution in [0.25, 0.3) is 0 Å². The van der Waals surface area contributed by atoms with Crippen molar-refractivity contribution < 1.29 is 4.79 Å². The maximum Gasteiger partial charge on any atom is 0.319 e. The third-order valence-electron chi connectivity index (χ3n) is 3.53. The number of hydrogen-bond acceptors (Lipinski definition) is 3. The molecule has 1 aliphatic carbocycles. The minimum Gasteiger partial charge on any atom is -0.335 e. The molecule has 0 aliphatic heterocycles. The molecule has 1 fully saturated rings. The number of nitrogens with zero attached hydrogens (tertiary/aromatic N) is 1. The lowest BCUT2D eigenvalue weighted by Gasteiger charge is -2.15. The Morgan fingerprint density at radius 3 is 2.86 bits per heavy atom. The number of nitriles is 1. The third kappa shape index (κ3) is 4.98. The second kappa shape index (κ2) is 7.94. The van der Waals surface area contributed by atoms with E-state index in [0.717, 1.165) is 29.2 Å². The molecule has 2 amide bonds. The summed E-state index contributed by atoms with van der Waals surface area (Å²) in [7, 11) is 0. The number of carbonyl (C=O) groups is 1. The van der Waals surface area contributed by atoms with Gasteiger partial charge in [0.15, 0.2) is 0 Å². The summed E-state index contributed by atoms with van der Waals surface area (Å²) in [6.45, 7) is 1.90. The lowest BCUT2D eigenvalue weighted by Crippen LogP contribution is -2.36. The van der Waals surface area contributed by atoms with E-state index in [2.05, 4.69) is 16.7 Å². The Morgan fingerprint density at radius 2 is 2.14 bits per heavy atom. The molecule has 1 saturated carbocycles. The van der Waals surface area contributed by atoms with Gasteiger partial charge in [0, 0.05) is 16.7 Å². The predicted molar refractivity (Wildman–Crippen MR) is 86.4 cm³/mol.